The summed E-state index contributed by atoms with van der Waals surface area (Å²) in [5.74, 6) is 0.0279. The molecule has 118 valence electrons. The van der Waals surface area contributed by atoms with Gasteiger partial charge < -0.3 is 4.74 Å². The van der Waals surface area contributed by atoms with Gasteiger partial charge in [0.1, 0.15) is 0 Å². The lowest BCUT2D eigenvalue weighted by Crippen LogP contribution is -2.19. The van der Waals surface area contributed by atoms with Crippen LogP contribution in [0.1, 0.15) is 36.2 Å². The standard InChI is InChI=1S/C17H18N4O2/c1-12(22)16-9-19-21-10-13(2-3-17(16)21)14-8-18-20(11-14)15-4-6-23-7-5-15/h2-3,8-11,15H,4-7H2,1H3. The lowest BCUT2D eigenvalue weighted by atomic mass is 10.1. The average Bonchev–Trinajstić information content (AvgIpc) is 3.22. The second kappa shape index (κ2) is 5.62. The van der Waals surface area contributed by atoms with E-state index in [4.69, 9.17) is 4.74 Å². The fourth-order valence-electron chi connectivity index (χ4n) is 3.06. The number of aromatic nitrogens is 4. The third-order valence-corrected chi connectivity index (χ3v) is 4.40. The molecule has 3 aromatic heterocycles. The van der Waals surface area contributed by atoms with Gasteiger partial charge in [-0.15, -0.1) is 0 Å². The number of fused-ring (bicyclic) bond motifs is 1. The molecule has 1 aliphatic heterocycles. The predicted octanol–water partition coefficient (Wildman–Crippen LogP) is 2.75. The maximum atomic E-state index is 11.6. The molecule has 1 aliphatic rings. The molecule has 23 heavy (non-hydrogen) atoms. The van der Waals surface area contributed by atoms with Crippen molar-refractivity contribution >= 4 is 11.3 Å². The van der Waals surface area contributed by atoms with E-state index < -0.39 is 0 Å². The monoisotopic (exact) mass is 310 g/mol. The van der Waals surface area contributed by atoms with Gasteiger partial charge in [-0.05, 0) is 25.8 Å². The Bertz CT molecular complexity index is 858. The van der Waals surface area contributed by atoms with Gasteiger partial charge in [-0.2, -0.15) is 10.2 Å². The van der Waals surface area contributed by atoms with E-state index in [1.807, 2.05) is 29.2 Å². The van der Waals surface area contributed by atoms with Crippen LogP contribution in [0.25, 0.3) is 16.6 Å². The largest absolute Gasteiger partial charge is 0.381 e. The van der Waals surface area contributed by atoms with Crippen LogP contribution in [-0.4, -0.2) is 38.4 Å². The Morgan fingerprint density at radius 3 is 2.74 bits per heavy atom. The molecule has 3 aromatic rings. The molecule has 4 heterocycles. The van der Waals surface area contributed by atoms with E-state index in [1.54, 1.807) is 17.6 Å². The van der Waals surface area contributed by atoms with Gasteiger partial charge in [-0.25, -0.2) is 4.52 Å². The van der Waals surface area contributed by atoms with Crippen molar-refractivity contribution in [3.05, 3.63) is 42.5 Å². The molecule has 0 radical (unpaired) electrons. The van der Waals surface area contributed by atoms with E-state index in [1.165, 1.54) is 0 Å². The van der Waals surface area contributed by atoms with Crippen LogP contribution >= 0.6 is 0 Å². The Morgan fingerprint density at radius 2 is 1.96 bits per heavy atom. The third-order valence-electron chi connectivity index (χ3n) is 4.40. The fourth-order valence-corrected chi connectivity index (χ4v) is 3.06. The summed E-state index contributed by atoms with van der Waals surface area (Å²) in [5, 5.41) is 8.78. The number of ether oxygens (including phenoxy) is 1. The van der Waals surface area contributed by atoms with Crippen LogP contribution < -0.4 is 0 Å². The molecule has 0 saturated carbocycles. The van der Waals surface area contributed by atoms with Crippen LogP contribution in [0.4, 0.5) is 0 Å². The first kappa shape index (κ1) is 14.1. The molecule has 1 saturated heterocycles. The maximum Gasteiger partial charge on any atom is 0.163 e. The summed E-state index contributed by atoms with van der Waals surface area (Å²) in [6, 6.07) is 4.36. The number of hydrogen-bond acceptors (Lipinski definition) is 4. The highest BCUT2D eigenvalue weighted by Crippen LogP contribution is 2.25. The third kappa shape index (κ3) is 2.55. The lowest BCUT2D eigenvalue weighted by molar-refractivity contribution is 0.0662. The van der Waals surface area contributed by atoms with E-state index in [-0.39, 0.29) is 5.78 Å². The summed E-state index contributed by atoms with van der Waals surface area (Å²) in [7, 11) is 0. The quantitative estimate of drug-likeness (QED) is 0.698. The van der Waals surface area contributed by atoms with E-state index in [0.29, 0.717) is 11.6 Å². The molecule has 0 unspecified atom stereocenters. The highest BCUT2D eigenvalue weighted by atomic mass is 16.5. The van der Waals surface area contributed by atoms with Crippen LogP contribution in [-0.2, 0) is 4.74 Å². The second-order valence-electron chi connectivity index (χ2n) is 5.91. The molecule has 0 aromatic carbocycles. The van der Waals surface area contributed by atoms with Gasteiger partial charge in [0.15, 0.2) is 5.78 Å². The first-order valence-electron chi connectivity index (χ1n) is 7.83. The van der Waals surface area contributed by atoms with Crippen LogP contribution in [0.3, 0.4) is 0 Å². The molecule has 0 aliphatic carbocycles. The minimum Gasteiger partial charge on any atom is -0.381 e. The van der Waals surface area contributed by atoms with Gasteiger partial charge in [0.25, 0.3) is 0 Å². The van der Waals surface area contributed by atoms with Gasteiger partial charge in [0.05, 0.1) is 29.5 Å². The first-order valence-corrected chi connectivity index (χ1v) is 7.83. The summed E-state index contributed by atoms with van der Waals surface area (Å²) >= 11 is 0. The number of nitrogens with zero attached hydrogens (tertiary/aromatic N) is 4. The van der Waals surface area contributed by atoms with Crippen molar-refractivity contribution in [1.82, 2.24) is 19.4 Å². The molecular weight excluding hydrogens is 292 g/mol. The minimum absolute atomic E-state index is 0.0279. The molecule has 4 rings (SSSR count). The highest BCUT2D eigenvalue weighted by molar-refractivity contribution is 6.00. The van der Waals surface area contributed by atoms with Gasteiger partial charge in [0, 0.05) is 36.7 Å². The summed E-state index contributed by atoms with van der Waals surface area (Å²) in [4.78, 5) is 11.6. The van der Waals surface area contributed by atoms with Crippen LogP contribution in [0.2, 0.25) is 0 Å². The number of carbonyl (C=O) groups is 1. The molecule has 6 nitrogen and oxygen atoms in total. The van der Waals surface area contributed by atoms with Crippen LogP contribution in [0.15, 0.2) is 36.9 Å². The number of carbonyl (C=O) groups excluding carboxylic acids is 1. The van der Waals surface area contributed by atoms with Crippen molar-refractivity contribution in [2.24, 2.45) is 0 Å². The predicted molar refractivity (Wildman–Crippen MR) is 85.5 cm³/mol. The van der Waals surface area contributed by atoms with Gasteiger partial charge in [-0.3, -0.25) is 9.48 Å². The van der Waals surface area contributed by atoms with Gasteiger partial charge >= 0.3 is 0 Å². The molecule has 0 amide bonds. The first-order chi connectivity index (χ1) is 11.2. The van der Waals surface area contributed by atoms with Crippen molar-refractivity contribution in [2.75, 3.05) is 13.2 Å². The van der Waals surface area contributed by atoms with E-state index >= 15 is 0 Å². The molecular formula is C17H18N4O2. The zero-order valence-corrected chi connectivity index (χ0v) is 13.0. The minimum atomic E-state index is 0.0279. The lowest BCUT2D eigenvalue weighted by Gasteiger charge is -2.22. The summed E-state index contributed by atoms with van der Waals surface area (Å²) in [5.41, 5.74) is 3.57. The Kier molecular flexibility index (Phi) is 3.46. The van der Waals surface area contributed by atoms with E-state index in [0.717, 1.165) is 42.7 Å². The number of pyridine rings is 1. The summed E-state index contributed by atoms with van der Waals surface area (Å²) in [6.07, 6.45) is 9.52. The Labute approximate surface area is 133 Å². The normalized spacial score (nSPS) is 16.0. The van der Waals surface area contributed by atoms with Crippen molar-refractivity contribution in [3.63, 3.8) is 0 Å². The van der Waals surface area contributed by atoms with Crippen molar-refractivity contribution in [3.8, 4) is 11.1 Å². The Morgan fingerprint density at radius 1 is 1.13 bits per heavy atom. The van der Waals surface area contributed by atoms with Crippen LogP contribution in [0, 0.1) is 0 Å². The van der Waals surface area contributed by atoms with Crippen LogP contribution in [0.5, 0.6) is 0 Å². The van der Waals surface area contributed by atoms with E-state index in [2.05, 4.69) is 16.4 Å². The zero-order valence-electron chi connectivity index (χ0n) is 13.0. The van der Waals surface area contributed by atoms with Crippen molar-refractivity contribution in [1.29, 1.82) is 0 Å². The number of ketones is 1. The molecule has 0 spiro atoms. The van der Waals surface area contributed by atoms with Gasteiger partial charge in [0.2, 0.25) is 0 Å². The van der Waals surface area contributed by atoms with Crippen molar-refractivity contribution in [2.45, 2.75) is 25.8 Å². The zero-order chi connectivity index (χ0) is 15.8. The van der Waals surface area contributed by atoms with Crippen molar-refractivity contribution < 1.29 is 9.53 Å². The Balaban J connectivity index is 1.66. The SMILES string of the molecule is CC(=O)c1cnn2cc(-c3cnn(C4CCOCC4)c3)ccc12. The number of rotatable bonds is 3. The summed E-state index contributed by atoms with van der Waals surface area (Å²) < 4.78 is 9.18. The highest BCUT2D eigenvalue weighted by Gasteiger charge is 2.17. The molecule has 1 fully saturated rings. The fraction of sp³-hybridized carbons (Fsp3) is 0.353. The molecule has 0 N–H and O–H groups in total. The topological polar surface area (TPSA) is 61.4 Å². The van der Waals surface area contributed by atoms with Gasteiger partial charge in [-0.1, -0.05) is 6.07 Å². The maximum absolute atomic E-state index is 11.6. The second-order valence-corrected chi connectivity index (χ2v) is 5.91. The average molecular weight is 310 g/mol. The molecule has 0 bridgehead atoms. The smallest absolute Gasteiger partial charge is 0.163 e. The van der Waals surface area contributed by atoms with E-state index in [9.17, 15) is 4.79 Å². The number of hydrogen-bond donors (Lipinski definition) is 0. The molecule has 0 atom stereocenters. The summed E-state index contributed by atoms with van der Waals surface area (Å²) in [6.45, 7) is 3.16. The number of Topliss-reactive ketones (excluding diaryl/α,β-unsaturated/α-hetero) is 1. The Hall–Kier alpha value is -2.47. The molecule has 6 heteroatoms.